The van der Waals surface area contributed by atoms with Gasteiger partial charge in [0.25, 0.3) is 0 Å². The van der Waals surface area contributed by atoms with E-state index in [1.54, 1.807) is 18.5 Å². The largest absolute Gasteiger partial charge is 0.317 e. The molecule has 1 saturated heterocycles. The van der Waals surface area contributed by atoms with E-state index in [2.05, 4.69) is 10.4 Å². The number of rotatable bonds is 3. The summed E-state index contributed by atoms with van der Waals surface area (Å²) in [6.07, 6.45) is 2.23. The molecule has 0 unspecified atom stereocenters. The van der Waals surface area contributed by atoms with E-state index < -0.39 is 0 Å². The van der Waals surface area contributed by atoms with Crippen molar-refractivity contribution in [2.45, 2.75) is 33.2 Å². The Labute approximate surface area is 100 Å². The van der Waals surface area contributed by atoms with Crippen molar-refractivity contribution in [2.75, 3.05) is 13.1 Å². The number of hydrogen-bond acceptors (Lipinski definition) is 4. The maximum absolute atomic E-state index is 10.9. The molecule has 1 aliphatic heterocycles. The van der Waals surface area contributed by atoms with Crippen molar-refractivity contribution in [3.05, 3.63) is 21.5 Å². The average molecular weight is 238 g/mol. The van der Waals surface area contributed by atoms with Gasteiger partial charge in [-0.1, -0.05) is 0 Å². The molecule has 0 aliphatic carbocycles. The van der Waals surface area contributed by atoms with Gasteiger partial charge in [-0.2, -0.15) is 5.10 Å². The summed E-state index contributed by atoms with van der Waals surface area (Å²) in [5.74, 6) is 0.578. The van der Waals surface area contributed by atoms with Gasteiger partial charge in [-0.15, -0.1) is 0 Å². The van der Waals surface area contributed by atoms with Gasteiger partial charge < -0.3 is 5.32 Å². The monoisotopic (exact) mass is 238 g/mol. The van der Waals surface area contributed by atoms with Crippen LogP contribution in [0.3, 0.4) is 0 Å². The molecule has 0 saturated carbocycles. The van der Waals surface area contributed by atoms with E-state index in [0.29, 0.717) is 17.3 Å². The zero-order chi connectivity index (χ0) is 12.4. The number of nitrogens with one attached hydrogen (secondary N) is 1. The highest BCUT2D eigenvalue weighted by Gasteiger charge is 2.23. The van der Waals surface area contributed by atoms with Crippen LogP contribution in [-0.4, -0.2) is 27.8 Å². The molecule has 2 rings (SSSR count). The second kappa shape index (κ2) is 4.83. The van der Waals surface area contributed by atoms with Gasteiger partial charge in [0.15, 0.2) is 0 Å². The molecule has 1 fully saturated rings. The Kier molecular flexibility index (Phi) is 3.42. The summed E-state index contributed by atoms with van der Waals surface area (Å²) >= 11 is 0. The van der Waals surface area contributed by atoms with Crippen molar-refractivity contribution in [3.8, 4) is 0 Å². The smallest absolute Gasteiger partial charge is 0.312 e. The summed E-state index contributed by atoms with van der Waals surface area (Å²) in [4.78, 5) is 10.6. The summed E-state index contributed by atoms with van der Waals surface area (Å²) in [7, 11) is 0. The Balaban J connectivity index is 2.15. The first-order chi connectivity index (χ1) is 8.09. The molecule has 0 bridgehead atoms. The summed E-state index contributed by atoms with van der Waals surface area (Å²) in [6, 6.07) is 0. The quantitative estimate of drug-likeness (QED) is 0.638. The molecule has 1 aliphatic rings. The number of hydrogen-bond donors (Lipinski definition) is 1. The molecule has 17 heavy (non-hydrogen) atoms. The van der Waals surface area contributed by atoms with Crippen LogP contribution in [0, 0.1) is 29.9 Å². The molecule has 0 radical (unpaired) electrons. The fourth-order valence-electron chi connectivity index (χ4n) is 2.44. The molecule has 1 aromatic heterocycles. The van der Waals surface area contributed by atoms with E-state index in [9.17, 15) is 10.1 Å². The lowest BCUT2D eigenvalue weighted by molar-refractivity contribution is -0.386. The minimum absolute atomic E-state index is 0.166. The van der Waals surface area contributed by atoms with Crippen LogP contribution in [0.1, 0.15) is 24.2 Å². The van der Waals surface area contributed by atoms with Gasteiger partial charge in [-0.3, -0.25) is 14.8 Å². The van der Waals surface area contributed by atoms with Crippen LogP contribution in [0.5, 0.6) is 0 Å². The van der Waals surface area contributed by atoms with Gasteiger partial charge in [0, 0.05) is 6.54 Å². The molecule has 0 atom stereocenters. The lowest BCUT2D eigenvalue weighted by Gasteiger charge is -2.22. The highest BCUT2D eigenvalue weighted by Crippen LogP contribution is 2.24. The highest BCUT2D eigenvalue weighted by molar-refractivity contribution is 5.39. The maximum Gasteiger partial charge on any atom is 0.312 e. The lowest BCUT2D eigenvalue weighted by Crippen LogP contribution is -2.30. The van der Waals surface area contributed by atoms with E-state index in [4.69, 9.17) is 0 Å². The van der Waals surface area contributed by atoms with Gasteiger partial charge in [0.2, 0.25) is 0 Å². The molecular formula is C11H18N4O2. The van der Waals surface area contributed by atoms with Crippen LogP contribution in [-0.2, 0) is 6.54 Å². The predicted octanol–water partition coefficient (Wildman–Crippen LogP) is 1.41. The van der Waals surface area contributed by atoms with Crippen molar-refractivity contribution in [1.82, 2.24) is 15.1 Å². The number of nitro groups is 1. The first kappa shape index (κ1) is 12.0. The first-order valence-electron chi connectivity index (χ1n) is 5.98. The minimum atomic E-state index is -0.337. The van der Waals surface area contributed by atoms with Gasteiger partial charge in [-0.05, 0) is 45.7 Å². The maximum atomic E-state index is 10.9. The molecule has 0 amide bonds. The van der Waals surface area contributed by atoms with Gasteiger partial charge in [-0.25, -0.2) is 0 Å². The van der Waals surface area contributed by atoms with Crippen molar-refractivity contribution in [1.29, 1.82) is 0 Å². The standard InChI is InChI=1S/C11H18N4O2/c1-8-11(15(16)17)9(2)14(13-8)7-10-3-5-12-6-4-10/h10,12H,3-7H2,1-2H3. The fourth-order valence-corrected chi connectivity index (χ4v) is 2.44. The minimum Gasteiger partial charge on any atom is -0.317 e. The molecule has 2 heterocycles. The Morgan fingerprint density at radius 2 is 2.12 bits per heavy atom. The van der Waals surface area contributed by atoms with E-state index in [1.165, 1.54) is 0 Å². The number of piperidine rings is 1. The summed E-state index contributed by atoms with van der Waals surface area (Å²) in [5.41, 5.74) is 1.35. The van der Waals surface area contributed by atoms with E-state index in [0.717, 1.165) is 32.5 Å². The number of aryl methyl sites for hydroxylation is 1. The van der Waals surface area contributed by atoms with E-state index in [-0.39, 0.29) is 10.6 Å². The first-order valence-corrected chi connectivity index (χ1v) is 5.98. The van der Waals surface area contributed by atoms with Crippen molar-refractivity contribution < 1.29 is 4.92 Å². The Morgan fingerprint density at radius 3 is 2.65 bits per heavy atom. The average Bonchev–Trinajstić information content (AvgIpc) is 2.55. The number of aromatic nitrogens is 2. The Hall–Kier alpha value is -1.43. The highest BCUT2D eigenvalue weighted by atomic mass is 16.6. The van der Waals surface area contributed by atoms with Gasteiger partial charge in [0.1, 0.15) is 11.4 Å². The summed E-state index contributed by atoms with van der Waals surface area (Å²) in [6.45, 7) is 6.34. The molecule has 6 nitrogen and oxygen atoms in total. The van der Waals surface area contributed by atoms with Crippen LogP contribution >= 0.6 is 0 Å². The summed E-state index contributed by atoms with van der Waals surface area (Å²) < 4.78 is 1.80. The van der Waals surface area contributed by atoms with Crippen LogP contribution in [0.15, 0.2) is 0 Å². The Bertz CT molecular complexity index is 421. The third kappa shape index (κ3) is 2.46. The van der Waals surface area contributed by atoms with Crippen molar-refractivity contribution >= 4 is 5.69 Å². The molecule has 1 N–H and O–H groups in total. The van der Waals surface area contributed by atoms with Gasteiger partial charge >= 0.3 is 5.69 Å². The third-order valence-corrected chi connectivity index (χ3v) is 3.42. The third-order valence-electron chi connectivity index (χ3n) is 3.42. The lowest BCUT2D eigenvalue weighted by atomic mass is 9.98. The molecule has 6 heteroatoms. The van der Waals surface area contributed by atoms with Crippen LogP contribution in [0.4, 0.5) is 5.69 Å². The predicted molar refractivity (Wildman–Crippen MR) is 63.9 cm³/mol. The normalized spacial score (nSPS) is 17.3. The molecule has 1 aromatic rings. The van der Waals surface area contributed by atoms with Crippen molar-refractivity contribution in [3.63, 3.8) is 0 Å². The van der Waals surface area contributed by atoms with Crippen LogP contribution < -0.4 is 5.32 Å². The Morgan fingerprint density at radius 1 is 1.47 bits per heavy atom. The second-order valence-corrected chi connectivity index (χ2v) is 4.65. The molecule has 94 valence electrons. The second-order valence-electron chi connectivity index (χ2n) is 4.65. The summed E-state index contributed by atoms with van der Waals surface area (Å²) in [5, 5.41) is 18.5. The zero-order valence-corrected chi connectivity index (χ0v) is 10.3. The topological polar surface area (TPSA) is 73.0 Å². The van der Waals surface area contributed by atoms with Crippen molar-refractivity contribution in [2.24, 2.45) is 5.92 Å². The van der Waals surface area contributed by atoms with E-state index >= 15 is 0 Å². The SMILES string of the molecule is Cc1nn(CC2CCNCC2)c(C)c1[N+](=O)[O-]. The van der Waals surface area contributed by atoms with Crippen LogP contribution in [0.25, 0.3) is 0 Å². The van der Waals surface area contributed by atoms with Crippen LogP contribution in [0.2, 0.25) is 0 Å². The molecule has 0 aromatic carbocycles. The number of nitrogens with zero attached hydrogens (tertiary/aromatic N) is 3. The molecule has 0 spiro atoms. The fraction of sp³-hybridized carbons (Fsp3) is 0.727. The molecular weight excluding hydrogens is 220 g/mol. The van der Waals surface area contributed by atoms with Gasteiger partial charge in [0.05, 0.1) is 4.92 Å². The zero-order valence-electron chi connectivity index (χ0n) is 10.3. The van der Waals surface area contributed by atoms with E-state index in [1.807, 2.05) is 0 Å².